The van der Waals surface area contributed by atoms with Crippen molar-refractivity contribution in [1.29, 1.82) is 0 Å². The zero-order valence-corrected chi connectivity index (χ0v) is 12.6. The number of pyridine rings is 1. The van der Waals surface area contributed by atoms with Crippen molar-refractivity contribution < 1.29 is 4.79 Å². The van der Waals surface area contributed by atoms with Crippen molar-refractivity contribution in [1.82, 2.24) is 14.8 Å². The minimum atomic E-state index is 0.0870. The largest absolute Gasteiger partial charge is 0.373 e. The number of anilines is 1. The summed E-state index contributed by atoms with van der Waals surface area (Å²) >= 11 is 0. The summed E-state index contributed by atoms with van der Waals surface area (Å²) in [4.78, 5) is 21.0. The molecule has 1 N–H and O–H groups in total. The van der Waals surface area contributed by atoms with Crippen molar-refractivity contribution in [2.45, 2.75) is 26.3 Å². The van der Waals surface area contributed by atoms with E-state index in [1.807, 2.05) is 24.1 Å². The monoisotopic (exact) mass is 276 g/mol. The van der Waals surface area contributed by atoms with Crippen LogP contribution in [0, 0.1) is 0 Å². The van der Waals surface area contributed by atoms with Crippen molar-refractivity contribution in [3.05, 3.63) is 23.9 Å². The lowest BCUT2D eigenvalue weighted by Gasteiger charge is -2.37. The Hall–Kier alpha value is -1.62. The lowest BCUT2D eigenvalue weighted by atomic mass is 10.1. The van der Waals surface area contributed by atoms with Crippen LogP contribution in [0.2, 0.25) is 0 Å². The zero-order valence-electron chi connectivity index (χ0n) is 12.6. The minimum absolute atomic E-state index is 0.0870. The molecule has 0 aliphatic carbocycles. The first kappa shape index (κ1) is 14.8. The van der Waals surface area contributed by atoms with Gasteiger partial charge in [0.15, 0.2) is 0 Å². The lowest BCUT2D eigenvalue weighted by molar-refractivity contribution is 0.0579. The first-order valence-electron chi connectivity index (χ1n) is 7.32. The number of aromatic nitrogens is 1. The van der Waals surface area contributed by atoms with Crippen molar-refractivity contribution >= 4 is 11.7 Å². The summed E-state index contributed by atoms with van der Waals surface area (Å²) in [7, 11) is 1.82. The highest BCUT2D eigenvalue weighted by atomic mass is 16.2. The normalized spacial score (nSPS) is 17.9. The smallest absolute Gasteiger partial charge is 0.255 e. The number of hydrogen-bond acceptors (Lipinski definition) is 4. The molecule has 0 radical (unpaired) electrons. The average Bonchev–Trinajstić information content (AvgIpc) is 2.53. The summed E-state index contributed by atoms with van der Waals surface area (Å²) < 4.78 is 0. The Morgan fingerprint density at radius 2 is 2.05 bits per heavy atom. The SMILES string of the molecule is CCC(C)N1CCN(C(=O)c2ccc(NC)nc2)CC1. The maximum absolute atomic E-state index is 12.4. The number of nitrogens with zero attached hydrogens (tertiary/aromatic N) is 3. The molecule has 1 aliphatic rings. The van der Waals surface area contributed by atoms with E-state index in [-0.39, 0.29) is 5.91 Å². The Labute approximate surface area is 121 Å². The molecule has 0 bridgehead atoms. The van der Waals surface area contributed by atoms with Gasteiger partial charge in [-0.2, -0.15) is 0 Å². The fourth-order valence-electron chi connectivity index (χ4n) is 2.47. The molecule has 0 spiro atoms. The summed E-state index contributed by atoms with van der Waals surface area (Å²) in [6.45, 7) is 7.98. The van der Waals surface area contributed by atoms with Gasteiger partial charge in [-0.1, -0.05) is 6.92 Å². The molecule has 1 aromatic rings. The topological polar surface area (TPSA) is 48.5 Å². The highest BCUT2D eigenvalue weighted by Crippen LogP contribution is 2.12. The van der Waals surface area contributed by atoms with Gasteiger partial charge in [0.05, 0.1) is 5.56 Å². The Balaban J connectivity index is 1.94. The molecule has 20 heavy (non-hydrogen) atoms. The van der Waals surface area contributed by atoms with Crippen LogP contribution in [0.1, 0.15) is 30.6 Å². The molecule has 5 nitrogen and oxygen atoms in total. The molecular formula is C15H24N4O. The van der Waals surface area contributed by atoms with E-state index in [9.17, 15) is 4.79 Å². The van der Waals surface area contributed by atoms with Gasteiger partial charge in [-0.25, -0.2) is 4.98 Å². The summed E-state index contributed by atoms with van der Waals surface area (Å²) in [6.07, 6.45) is 2.80. The first-order valence-corrected chi connectivity index (χ1v) is 7.32. The van der Waals surface area contributed by atoms with Gasteiger partial charge in [0.25, 0.3) is 5.91 Å². The van der Waals surface area contributed by atoms with Crippen molar-refractivity contribution in [2.24, 2.45) is 0 Å². The van der Waals surface area contributed by atoms with Gasteiger partial charge in [0, 0.05) is 45.5 Å². The molecule has 1 amide bonds. The number of hydrogen-bond donors (Lipinski definition) is 1. The maximum Gasteiger partial charge on any atom is 0.255 e. The van der Waals surface area contributed by atoms with E-state index in [1.165, 1.54) is 0 Å². The van der Waals surface area contributed by atoms with Gasteiger partial charge in [-0.05, 0) is 25.5 Å². The fourth-order valence-corrected chi connectivity index (χ4v) is 2.47. The quantitative estimate of drug-likeness (QED) is 0.909. The molecule has 1 aliphatic heterocycles. The van der Waals surface area contributed by atoms with Gasteiger partial charge in [0.2, 0.25) is 0 Å². The minimum Gasteiger partial charge on any atom is -0.373 e. The van der Waals surface area contributed by atoms with Crippen LogP contribution >= 0.6 is 0 Å². The molecule has 110 valence electrons. The summed E-state index contributed by atoms with van der Waals surface area (Å²) in [5.41, 5.74) is 0.668. The highest BCUT2D eigenvalue weighted by molar-refractivity contribution is 5.94. The standard InChI is InChI=1S/C15H24N4O/c1-4-12(2)18-7-9-19(10-8-18)15(20)13-5-6-14(16-3)17-11-13/h5-6,11-12H,4,7-10H2,1-3H3,(H,16,17). The predicted octanol–water partition coefficient (Wildman–Crippen LogP) is 1.68. The van der Waals surface area contributed by atoms with Gasteiger partial charge < -0.3 is 10.2 Å². The van der Waals surface area contributed by atoms with Crippen LogP contribution in [0.5, 0.6) is 0 Å². The molecule has 2 rings (SSSR count). The van der Waals surface area contributed by atoms with E-state index in [4.69, 9.17) is 0 Å². The second-order valence-corrected chi connectivity index (χ2v) is 5.27. The summed E-state index contributed by atoms with van der Waals surface area (Å²) in [5, 5.41) is 2.95. The number of rotatable bonds is 4. The van der Waals surface area contributed by atoms with Crippen LogP contribution in [0.3, 0.4) is 0 Å². The van der Waals surface area contributed by atoms with Crippen LogP contribution in [0.15, 0.2) is 18.3 Å². The summed E-state index contributed by atoms with van der Waals surface area (Å²) in [5.74, 6) is 0.868. The van der Waals surface area contributed by atoms with Crippen molar-refractivity contribution in [2.75, 3.05) is 38.5 Å². The van der Waals surface area contributed by atoms with E-state index in [0.29, 0.717) is 11.6 Å². The molecule has 1 aromatic heterocycles. The van der Waals surface area contributed by atoms with Crippen molar-refractivity contribution in [3.63, 3.8) is 0 Å². The lowest BCUT2D eigenvalue weighted by Crippen LogP contribution is -2.51. The second-order valence-electron chi connectivity index (χ2n) is 5.27. The third-order valence-corrected chi connectivity index (χ3v) is 4.08. The van der Waals surface area contributed by atoms with Crippen LogP contribution in [-0.4, -0.2) is 60.0 Å². The molecule has 1 fully saturated rings. The van der Waals surface area contributed by atoms with Gasteiger partial charge in [0.1, 0.15) is 5.82 Å². The zero-order chi connectivity index (χ0) is 14.5. The summed E-state index contributed by atoms with van der Waals surface area (Å²) in [6, 6.07) is 4.27. The van der Waals surface area contributed by atoms with E-state index in [0.717, 1.165) is 38.4 Å². The van der Waals surface area contributed by atoms with Crippen molar-refractivity contribution in [3.8, 4) is 0 Å². The number of carbonyl (C=O) groups excluding carboxylic acids is 1. The fraction of sp³-hybridized carbons (Fsp3) is 0.600. The van der Waals surface area contributed by atoms with Gasteiger partial charge in [-0.3, -0.25) is 9.69 Å². The van der Waals surface area contributed by atoms with E-state index >= 15 is 0 Å². The number of amides is 1. The Bertz CT molecular complexity index is 438. The average molecular weight is 276 g/mol. The third-order valence-electron chi connectivity index (χ3n) is 4.08. The predicted molar refractivity (Wildman–Crippen MR) is 81.0 cm³/mol. The third kappa shape index (κ3) is 3.28. The Morgan fingerprint density at radius 3 is 2.55 bits per heavy atom. The number of nitrogens with one attached hydrogen (secondary N) is 1. The van der Waals surface area contributed by atoms with E-state index in [1.54, 1.807) is 6.20 Å². The molecule has 2 heterocycles. The highest BCUT2D eigenvalue weighted by Gasteiger charge is 2.24. The van der Waals surface area contributed by atoms with Gasteiger partial charge in [-0.15, -0.1) is 0 Å². The van der Waals surface area contributed by atoms with E-state index < -0.39 is 0 Å². The Kier molecular flexibility index (Phi) is 4.95. The van der Waals surface area contributed by atoms with Crippen LogP contribution in [-0.2, 0) is 0 Å². The van der Waals surface area contributed by atoms with Crippen LogP contribution < -0.4 is 5.32 Å². The van der Waals surface area contributed by atoms with E-state index in [2.05, 4.69) is 29.0 Å². The number of piperazine rings is 1. The molecule has 5 heteroatoms. The van der Waals surface area contributed by atoms with Gasteiger partial charge >= 0.3 is 0 Å². The number of carbonyl (C=O) groups is 1. The Morgan fingerprint density at radius 1 is 1.35 bits per heavy atom. The second kappa shape index (κ2) is 6.70. The molecule has 1 saturated heterocycles. The molecule has 1 atom stereocenters. The van der Waals surface area contributed by atoms with Crippen LogP contribution in [0.4, 0.5) is 5.82 Å². The first-order chi connectivity index (χ1) is 9.65. The van der Waals surface area contributed by atoms with Crippen LogP contribution in [0.25, 0.3) is 0 Å². The maximum atomic E-state index is 12.4. The molecular weight excluding hydrogens is 252 g/mol. The molecule has 0 aromatic carbocycles. The molecule has 0 saturated carbocycles. The molecule has 1 unspecified atom stereocenters.